The highest BCUT2D eigenvalue weighted by atomic mass is 32.1. The lowest BCUT2D eigenvalue weighted by molar-refractivity contribution is -0.131. The van der Waals surface area contributed by atoms with E-state index in [1.165, 1.54) is 4.88 Å². The van der Waals surface area contributed by atoms with Gasteiger partial charge in [0, 0.05) is 29.6 Å². The molecule has 1 aromatic carbocycles. The maximum Gasteiger partial charge on any atom is 0.236 e. The van der Waals surface area contributed by atoms with Crippen LogP contribution < -0.4 is 9.47 Å². The zero-order chi connectivity index (χ0) is 18.5. The number of likely N-dealkylation sites (N-methyl/N-ethyl adjacent to an activating group) is 1. The third kappa shape index (κ3) is 4.19. The van der Waals surface area contributed by atoms with Crippen LogP contribution in [0.1, 0.15) is 29.3 Å². The van der Waals surface area contributed by atoms with Gasteiger partial charge >= 0.3 is 0 Å². The standard InChI is InChI=1S/C20H26N2O3S/c1-21(13-16-6-5-11-26-16)20(23)14-22-10-4-7-18(22)17-9-8-15(24-2)12-19(17)25-3/h5-6,8-9,11-12,18H,4,7,10,13-14H2,1-3H3. The summed E-state index contributed by atoms with van der Waals surface area (Å²) in [6.45, 7) is 2.03. The second-order valence-electron chi connectivity index (χ2n) is 6.57. The van der Waals surface area contributed by atoms with Crippen molar-refractivity contribution in [2.45, 2.75) is 25.4 Å². The number of hydrogen-bond acceptors (Lipinski definition) is 5. The third-order valence-corrected chi connectivity index (χ3v) is 5.76. The minimum Gasteiger partial charge on any atom is -0.497 e. The summed E-state index contributed by atoms with van der Waals surface area (Å²) in [5.74, 6) is 1.75. The minimum absolute atomic E-state index is 0.151. The van der Waals surface area contributed by atoms with Gasteiger partial charge in [-0.15, -0.1) is 11.3 Å². The van der Waals surface area contributed by atoms with Crippen molar-refractivity contribution in [2.75, 3.05) is 34.4 Å². The average Bonchev–Trinajstić information content (AvgIpc) is 3.33. The number of rotatable bonds is 7. The molecule has 2 heterocycles. The highest BCUT2D eigenvalue weighted by Crippen LogP contribution is 2.38. The van der Waals surface area contributed by atoms with Crippen LogP contribution in [-0.2, 0) is 11.3 Å². The van der Waals surface area contributed by atoms with Crippen molar-refractivity contribution in [1.82, 2.24) is 9.80 Å². The smallest absolute Gasteiger partial charge is 0.236 e. The van der Waals surface area contributed by atoms with Crippen molar-refractivity contribution in [3.8, 4) is 11.5 Å². The number of amides is 1. The van der Waals surface area contributed by atoms with Crippen molar-refractivity contribution in [3.63, 3.8) is 0 Å². The molecule has 1 atom stereocenters. The Kier molecular flexibility index (Phi) is 6.16. The van der Waals surface area contributed by atoms with Gasteiger partial charge < -0.3 is 14.4 Å². The molecule has 1 unspecified atom stereocenters. The highest BCUT2D eigenvalue weighted by molar-refractivity contribution is 7.09. The molecular formula is C20H26N2O3S. The lowest BCUT2D eigenvalue weighted by Gasteiger charge is -2.27. The van der Waals surface area contributed by atoms with Crippen LogP contribution in [0.5, 0.6) is 11.5 Å². The average molecular weight is 375 g/mol. The first kappa shape index (κ1) is 18.7. The van der Waals surface area contributed by atoms with E-state index in [2.05, 4.69) is 17.0 Å². The van der Waals surface area contributed by atoms with Crippen molar-refractivity contribution in [3.05, 3.63) is 46.2 Å². The summed E-state index contributed by atoms with van der Waals surface area (Å²) in [6.07, 6.45) is 2.12. The fourth-order valence-electron chi connectivity index (χ4n) is 3.48. The predicted molar refractivity (Wildman–Crippen MR) is 104 cm³/mol. The molecule has 1 aromatic heterocycles. The minimum atomic E-state index is 0.151. The first-order chi connectivity index (χ1) is 12.6. The largest absolute Gasteiger partial charge is 0.497 e. The van der Waals surface area contributed by atoms with Crippen LogP contribution in [-0.4, -0.2) is 50.1 Å². The van der Waals surface area contributed by atoms with Gasteiger partial charge in [0.05, 0.1) is 27.3 Å². The number of ether oxygens (including phenoxy) is 2. The van der Waals surface area contributed by atoms with Gasteiger partial charge in [-0.25, -0.2) is 0 Å². The Morgan fingerprint density at radius 1 is 1.31 bits per heavy atom. The monoisotopic (exact) mass is 374 g/mol. The Balaban J connectivity index is 1.69. The number of nitrogens with zero attached hydrogens (tertiary/aromatic N) is 2. The maximum atomic E-state index is 12.7. The molecule has 5 nitrogen and oxygen atoms in total. The molecule has 1 aliphatic rings. The number of carbonyl (C=O) groups is 1. The van der Waals surface area contributed by atoms with Crippen LogP contribution in [0.4, 0.5) is 0 Å². The third-order valence-electron chi connectivity index (χ3n) is 4.90. The van der Waals surface area contributed by atoms with Gasteiger partial charge in [-0.3, -0.25) is 9.69 Å². The second-order valence-corrected chi connectivity index (χ2v) is 7.60. The van der Waals surface area contributed by atoms with Crippen LogP contribution >= 0.6 is 11.3 Å². The summed E-state index contributed by atoms with van der Waals surface area (Å²) in [5.41, 5.74) is 1.12. The maximum absolute atomic E-state index is 12.7. The summed E-state index contributed by atoms with van der Waals surface area (Å²) in [4.78, 5) is 18.0. The Bertz CT molecular complexity index is 733. The van der Waals surface area contributed by atoms with E-state index in [4.69, 9.17) is 9.47 Å². The number of carbonyl (C=O) groups excluding carboxylic acids is 1. The number of benzene rings is 1. The lowest BCUT2D eigenvalue weighted by Crippen LogP contribution is -2.37. The Hall–Kier alpha value is -2.05. The molecule has 26 heavy (non-hydrogen) atoms. The summed E-state index contributed by atoms with van der Waals surface area (Å²) in [7, 11) is 5.21. The van der Waals surface area contributed by atoms with Gasteiger partial charge in [0.2, 0.25) is 5.91 Å². The first-order valence-electron chi connectivity index (χ1n) is 8.84. The van der Waals surface area contributed by atoms with Gasteiger partial charge in [-0.05, 0) is 36.9 Å². The van der Waals surface area contributed by atoms with E-state index in [0.29, 0.717) is 13.1 Å². The summed E-state index contributed by atoms with van der Waals surface area (Å²) < 4.78 is 10.9. The molecule has 6 heteroatoms. The van der Waals surface area contributed by atoms with Crippen LogP contribution in [0.3, 0.4) is 0 Å². The predicted octanol–water partition coefficient (Wildman–Crippen LogP) is 3.56. The van der Waals surface area contributed by atoms with Gasteiger partial charge in [-0.2, -0.15) is 0 Å². The normalized spacial score (nSPS) is 17.3. The quantitative estimate of drug-likeness (QED) is 0.743. The Morgan fingerprint density at radius 3 is 2.85 bits per heavy atom. The summed E-state index contributed by atoms with van der Waals surface area (Å²) in [6, 6.07) is 10.2. The van der Waals surface area contributed by atoms with Crippen molar-refractivity contribution in [1.29, 1.82) is 0 Å². The fraction of sp³-hybridized carbons (Fsp3) is 0.450. The van der Waals surface area contributed by atoms with Crippen molar-refractivity contribution in [2.24, 2.45) is 0 Å². The highest BCUT2D eigenvalue weighted by Gasteiger charge is 2.30. The molecule has 0 radical (unpaired) electrons. The molecule has 0 bridgehead atoms. The van der Waals surface area contributed by atoms with Crippen LogP contribution in [0.25, 0.3) is 0 Å². The lowest BCUT2D eigenvalue weighted by atomic mass is 10.0. The molecule has 2 aromatic rings. The zero-order valence-electron chi connectivity index (χ0n) is 15.6. The summed E-state index contributed by atoms with van der Waals surface area (Å²) >= 11 is 1.68. The fourth-order valence-corrected chi connectivity index (χ4v) is 4.24. The molecular weight excluding hydrogens is 348 g/mol. The van der Waals surface area contributed by atoms with Crippen LogP contribution in [0.15, 0.2) is 35.7 Å². The zero-order valence-corrected chi connectivity index (χ0v) is 16.4. The van der Waals surface area contributed by atoms with Gasteiger partial charge in [0.1, 0.15) is 11.5 Å². The SMILES string of the molecule is COc1ccc(C2CCCN2CC(=O)N(C)Cc2cccs2)c(OC)c1. The van der Waals surface area contributed by atoms with Crippen LogP contribution in [0.2, 0.25) is 0 Å². The van der Waals surface area contributed by atoms with Crippen molar-refractivity contribution >= 4 is 17.2 Å². The van der Waals surface area contributed by atoms with E-state index >= 15 is 0 Å². The van der Waals surface area contributed by atoms with E-state index in [0.717, 1.165) is 36.4 Å². The number of likely N-dealkylation sites (tertiary alicyclic amines) is 1. The first-order valence-corrected chi connectivity index (χ1v) is 9.72. The molecule has 1 amide bonds. The van der Waals surface area contributed by atoms with Crippen molar-refractivity contribution < 1.29 is 14.3 Å². The molecule has 0 spiro atoms. The second kappa shape index (κ2) is 8.56. The summed E-state index contributed by atoms with van der Waals surface area (Å²) in [5, 5.41) is 2.04. The Labute approximate surface area is 159 Å². The van der Waals surface area contributed by atoms with E-state index in [1.54, 1.807) is 25.6 Å². The van der Waals surface area contributed by atoms with E-state index in [1.807, 2.05) is 35.5 Å². The molecule has 1 fully saturated rings. The van der Waals surface area contributed by atoms with E-state index in [-0.39, 0.29) is 11.9 Å². The molecule has 140 valence electrons. The van der Waals surface area contributed by atoms with Crippen LogP contribution in [0, 0.1) is 0 Å². The van der Waals surface area contributed by atoms with Gasteiger partial charge in [0.15, 0.2) is 0 Å². The number of thiophene rings is 1. The molecule has 1 aliphatic heterocycles. The molecule has 0 saturated carbocycles. The number of methoxy groups -OCH3 is 2. The molecule has 3 rings (SSSR count). The topological polar surface area (TPSA) is 42.0 Å². The molecule has 1 saturated heterocycles. The number of hydrogen-bond donors (Lipinski definition) is 0. The van der Waals surface area contributed by atoms with E-state index in [9.17, 15) is 4.79 Å². The molecule has 0 aliphatic carbocycles. The van der Waals surface area contributed by atoms with Gasteiger partial charge in [-0.1, -0.05) is 12.1 Å². The van der Waals surface area contributed by atoms with Gasteiger partial charge in [0.25, 0.3) is 0 Å². The van der Waals surface area contributed by atoms with E-state index < -0.39 is 0 Å². The Morgan fingerprint density at radius 2 is 2.15 bits per heavy atom. The molecule has 0 N–H and O–H groups in total.